The summed E-state index contributed by atoms with van der Waals surface area (Å²) < 4.78 is 0.893. The number of likely N-dealkylation sites (tertiary alicyclic amines) is 1. The summed E-state index contributed by atoms with van der Waals surface area (Å²) in [4.78, 5) is 29.6. The number of unbranched alkanes of at least 4 members (excludes halogenated alkanes) is 6. The summed E-state index contributed by atoms with van der Waals surface area (Å²) in [6.07, 6.45) is 13.9. The van der Waals surface area contributed by atoms with Crippen molar-refractivity contribution >= 4 is 35.0 Å². The van der Waals surface area contributed by atoms with E-state index in [1.807, 2.05) is 11.8 Å². The van der Waals surface area contributed by atoms with Gasteiger partial charge in [0.1, 0.15) is 0 Å². The average Bonchev–Trinajstić information content (AvgIpc) is 3.06. The Morgan fingerprint density at radius 1 is 0.729 bits per heavy atom. The van der Waals surface area contributed by atoms with E-state index in [0.29, 0.717) is 6.54 Å². The molecule has 268 valence electrons. The lowest BCUT2D eigenvalue weighted by Crippen LogP contribution is -2.54. The fourth-order valence-electron chi connectivity index (χ4n) is 7.34. The molecule has 2 aromatic carbocycles. The second kappa shape index (κ2) is 21.7. The van der Waals surface area contributed by atoms with Crippen LogP contribution in [0, 0.1) is 27.7 Å². The van der Waals surface area contributed by atoms with Crippen LogP contribution in [0.5, 0.6) is 0 Å². The molecule has 0 spiro atoms. The van der Waals surface area contributed by atoms with Gasteiger partial charge in [-0.15, -0.1) is 0 Å². The Kier molecular flexibility index (Phi) is 18.1. The van der Waals surface area contributed by atoms with Gasteiger partial charge in [-0.05, 0) is 120 Å². The number of aryl methyl sites for hydroxylation is 4. The van der Waals surface area contributed by atoms with E-state index in [1.54, 1.807) is 0 Å². The number of hydrogen-bond acceptors (Lipinski definition) is 4. The highest BCUT2D eigenvalue weighted by Gasteiger charge is 2.31. The number of anilines is 2. The molecule has 2 N–H and O–H groups in total. The van der Waals surface area contributed by atoms with Gasteiger partial charge in [-0.25, -0.2) is 0 Å². The Morgan fingerprint density at radius 2 is 1.31 bits per heavy atom. The molecule has 6 nitrogen and oxygen atoms in total. The van der Waals surface area contributed by atoms with E-state index in [4.69, 9.17) is 0 Å². The minimum Gasteiger partial charge on any atom is -0.324 e. The van der Waals surface area contributed by atoms with Crippen molar-refractivity contribution in [2.45, 2.75) is 125 Å². The molecule has 1 aliphatic heterocycles. The van der Waals surface area contributed by atoms with Crippen LogP contribution in [0.25, 0.3) is 0 Å². The lowest BCUT2D eigenvalue weighted by Gasteiger charge is -2.39. The fraction of sp³-hybridized carbons (Fsp3) is 0.659. The number of carbonyl (C=O) groups excluding carboxylic acids is 2. The first-order chi connectivity index (χ1) is 23.2. The third-order valence-corrected chi connectivity index (χ3v) is 11.4. The maximum absolute atomic E-state index is 13.7. The standard InChI is InChI=1S/C41H66N4O2S/c1-7-9-10-16-27-45(29-31-48-30-8-2,32-38(46)42-39-33(3)20-18-21-34(39)4)28-17-12-11-14-25-44-26-15-13-24-37(44)41(47)43-40-35(5)22-19-23-36(40)6/h18-23,37H,7-17,24-32H2,1-6H3,(H-,42,43,46,47)/p+1/t37-,45?/m1/s1. The predicted octanol–water partition coefficient (Wildman–Crippen LogP) is 9.45. The van der Waals surface area contributed by atoms with Crippen LogP contribution in [0.4, 0.5) is 11.4 Å². The van der Waals surface area contributed by atoms with Gasteiger partial charge in [0.25, 0.3) is 5.91 Å². The number of amides is 2. The van der Waals surface area contributed by atoms with E-state index >= 15 is 0 Å². The van der Waals surface area contributed by atoms with E-state index in [9.17, 15) is 9.59 Å². The van der Waals surface area contributed by atoms with Crippen LogP contribution >= 0.6 is 11.8 Å². The van der Waals surface area contributed by atoms with Gasteiger partial charge in [0, 0.05) is 17.1 Å². The second-order valence-corrected chi connectivity index (χ2v) is 15.6. The molecule has 7 heteroatoms. The van der Waals surface area contributed by atoms with E-state index < -0.39 is 0 Å². The van der Waals surface area contributed by atoms with Crippen LogP contribution in [0.3, 0.4) is 0 Å². The van der Waals surface area contributed by atoms with Crippen LogP contribution in [-0.4, -0.2) is 78.0 Å². The number of thioether (sulfide) groups is 1. The minimum absolute atomic E-state index is 0.0405. The molecule has 0 saturated carbocycles. The zero-order valence-electron chi connectivity index (χ0n) is 31.3. The van der Waals surface area contributed by atoms with E-state index in [-0.39, 0.29) is 17.9 Å². The van der Waals surface area contributed by atoms with Crippen molar-refractivity contribution in [2.24, 2.45) is 0 Å². The first-order valence-electron chi connectivity index (χ1n) is 19.1. The number of benzene rings is 2. The van der Waals surface area contributed by atoms with Crippen LogP contribution in [-0.2, 0) is 9.59 Å². The zero-order chi connectivity index (χ0) is 34.8. The minimum atomic E-state index is -0.0405. The van der Waals surface area contributed by atoms with E-state index in [0.717, 1.165) is 109 Å². The van der Waals surface area contributed by atoms with Gasteiger partial charge in [-0.2, -0.15) is 11.8 Å². The molecule has 1 unspecified atom stereocenters. The highest BCUT2D eigenvalue weighted by molar-refractivity contribution is 7.99. The zero-order valence-corrected chi connectivity index (χ0v) is 32.1. The Hall–Kier alpha value is -2.35. The van der Waals surface area contributed by atoms with Gasteiger partial charge in [-0.1, -0.05) is 75.9 Å². The lowest BCUT2D eigenvalue weighted by atomic mass is 10.00. The maximum Gasteiger partial charge on any atom is 0.279 e. The SMILES string of the molecule is CCCCCC[N+](CCCCCCN1CCCC[C@@H]1C(=O)Nc1c(C)cccc1C)(CCSCCC)CC(=O)Nc1c(C)cccc1C. The molecule has 1 fully saturated rings. The molecule has 0 radical (unpaired) electrons. The predicted molar refractivity (Wildman–Crippen MR) is 208 cm³/mol. The highest BCUT2D eigenvalue weighted by Crippen LogP contribution is 2.25. The molecule has 48 heavy (non-hydrogen) atoms. The van der Waals surface area contributed by atoms with Crippen molar-refractivity contribution < 1.29 is 14.1 Å². The Morgan fingerprint density at radius 3 is 1.92 bits per heavy atom. The molecule has 0 bridgehead atoms. The van der Waals surface area contributed by atoms with Crippen LogP contribution in [0.2, 0.25) is 0 Å². The summed E-state index contributed by atoms with van der Waals surface area (Å²) in [5.41, 5.74) is 6.45. The van der Waals surface area contributed by atoms with Crippen molar-refractivity contribution in [2.75, 3.05) is 61.4 Å². The number of piperidine rings is 1. The molecule has 1 aliphatic rings. The van der Waals surface area contributed by atoms with Crippen molar-refractivity contribution in [3.63, 3.8) is 0 Å². The van der Waals surface area contributed by atoms with Crippen molar-refractivity contribution in [3.05, 3.63) is 58.7 Å². The third-order valence-electron chi connectivity index (χ3n) is 10.2. The Bertz CT molecular complexity index is 1210. The number of hydrogen-bond donors (Lipinski definition) is 2. The number of nitrogens with zero attached hydrogens (tertiary/aromatic N) is 2. The van der Waals surface area contributed by atoms with Gasteiger partial charge in [-0.3, -0.25) is 14.5 Å². The van der Waals surface area contributed by atoms with Gasteiger partial charge in [0.2, 0.25) is 5.91 Å². The normalized spacial score (nSPS) is 16.4. The number of nitrogens with one attached hydrogen (secondary N) is 2. The Labute approximate surface area is 297 Å². The van der Waals surface area contributed by atoms with E-state index in [2.05, 4.69) is 93.5 Å². The molecule has 1 saturated heterocycles. The van der Waals surface area contributed by atoms with Crippen molar-refractivity contribution in [3.8, 4) is 0 Å². The summed E-state index contributed by atoms with van der Waals surface area (Å²) >= 11 is 2.04. The van der Waals surface area contributed by atoms with Gasteiger partial charge in [0.05, 0.1) is 25.7 Å². The number of para-hydroxylation sites is 2. The summed E-state index contributed by atoms with van der Waals surface area (Å²) in [6, 6.07) is 12.4. The van der Waals surface area contributed by atoms with E-state index in [1.165, 1.54) is 50.7 Å². The number of rotatable bonds is 22. The topological polar surface area (TPSA) is 61.4 Å². The molecular weight excluding hydrogens is 613 g/mol. The molecule has 0 aromatic heterocycles. The molecule has 2 aromatic rings. The summed E-state index contributed by atoms with van der Waals surface area (Å²) in [5, 5.41) is 6.59. The van der Waals surface area contributed by atoms with Crippen molar-refractivity contribution in [1.29, 1.82) is 0 Å². The summed E-state index contributed by atoms with van der Waals surface area (Å²) in [6.45, 7) is 18.6. The number of carbonyl (C=O) groups is 2. The monoisotopic (exact) mass is 679 g/mol. The summed E-state index contributed by atoms with van der Waals surface area (Å²) in [5.74, 6) is 2.60. The quantitative estimate of drug-likeness (QED) is 0.0962. The molecular formula is C41H67N4O2S+. The highest BCUT2D eigenvalue weighted by atomic mass is 32.2. The van der Waals surface area contributed by atoms with Crippen molar-refractivity contribution in [1.82, 2.24) is 4.90 Å². The van der Waals surface area contributed by atoms with Crippen LogP contribution in [0.1, 0.15) is 113 Å². The third kappa shape index (κ3) is 13.2. The van der Waals surface area contributed by atoms with Gasteiger partial charge < -0.3 is 15.1 Å². The van der Waals surface area contributed by atoms with Gasteiger partial charge in [0.15, 0.2) is 6.54 Å². The molecule has 1 heterocycles. The first kappa shape index (κ1) is 40.1. The average molecular weight is 680 g/mol. The Balaban J connectivity index is 1.59. The maximum atomic E-state index is 13.7. The smallest absolute Gasteiger partial charge is 0.279 e. The number of quaternary nitrogens is 1. The molecule has 3 rings (SSSR count). The molecule has 2 atom stereocenters. The fourth-order valence-corrected chi connectivity index (χ4v) is 8.34. The van der Waals surface area contributed by atoms with Crippen LogP contribution in [0.15, 0.2) is 36.4 Å². The first-order valence-corrected chi connectivity index (χ1v) is 20.2. The molecule has 2 amide bonds. The second-order valence-electron chi connectivity index (χ2n) is 14.4. The van der Waals surface area contributed by atoms with Crippen LogP contribution < -0.4 is 10.6 Å². The molecule has 0 aliphatic carbocycles. The summed E-state index contributed by atoms with van der Waals surface area (Å²) in [7, 11) is 0. The lowest BCUT2D eigenvalue weighted by molar-refractivity contribution is -0.918. The largest absolute Gasteiger partial charge is 0.324 e. The van der Waals surface area contributed by atoms with Gasteiger partial charge >= 0.3 is 0 Å².